The van der Waals surface area contributed by atoms with Crippen molar-refractivity contribution in [1.29, 1.82) is 0 Å². The van der Waals surface area contributed by atoms with E-state index >= 15 is 0 Å². The number of ether oxygens (including phenoxy) is 1. The van der Waals surface area contributed by atoms with Gasteiger partial charge in [-0.15, -0.1) is 0 Å². The maximum Gasteiger partial charge on any atom is 0.416 e. The minimum absolute atomic E-state index is 0.120. The Morgan fingerprint density at radius 2 is 1.80 bits per heavy atom. The van der Waals surface area contributed by atoms with Gasteiger partial charge in [0.05, 0.1) is 0 Å². The number of aromatic nitrogens is 1. The zero-order chi connectivity index (χ0) is 22.5. The van der Waals surface area contributed by atoms with Crippen molar-refractivity contribution in [1.82, 2.24) is 4.98 Å². The van der Waals surface area contributed by atoms with Crippen molar-refractivity contribution in [2.45, 2.75) is 40.2 Å². The van der Waals surface area contributed by atoms with Crippen molar-refractivity contribution < 1.29 is 23.9 Å². The maximum absolute atomic E-state index is 13.1. The van der Waals surface area contributed by atoms with Gasteiger partial charge in [-0.05, 0) is 63.1 Å². The van der Waals surface area contributed by atoms with Crippen LogP contribution in [-0.2, 0) is 4.74 Å². The van der Waals surface area contributed by atoms with Crippen molar-refractivity contribution in [2.24, 2.45) is 11.1 Å². The van der Waals surface area contributed by atoms with Gasteiger partial charge < -0.3 is 9.94 Å². The number of anilines is 1. The molecule has 0 spiro atoms. The summed E-state index contributed by atoms with van der Waals surface area (Å²) in [5, 5.41) is 12.6. The minimum atomic E-state index is -0.694. The fraction of sp³-hybridized carbons (Fsp3) is 0.364. The molecule has 0 bridgehead atoms. The molecule has 0 unspecified atom stereocenters. The van der Waals surface area contributed by atoms with Crippen LogP contribution in [0, 0.1) is 11.7 Å². The van der Waals surface area contributed by atoms with E-state index in [-0.39, 0.29) is 28.6 Å². The van der Waals surface area contributed by atoms with Gasteiger partial charge in [-0.2, -0.15) is 0 Å². The van der Waals surface area contributed by atoms with E-state index in [0.29, 0.717) is 6.54 Å². The van der Waals surface area contributed by atoms with Gasteiger partial charge in [0.15, 0.2) is 5.71 Å². The normalized spacial score (nSPS) is 12.0. The van der Waals surface area contributed by atoms with E-state index in [1.165, 1.54) is 35.4 Å². The topological polar surface area (TPSA) is 92.1 Å². The summed E-state index contributed by atoms with van der Waals surface area (Å²) < 4.78 is 18.6. The van der Waals surface area contributed by atoms with Gasteiger partial charge in [0.25, 0.3) is 0 Å². The number of halogens is 1. The highest BCUT2D eigenvalue weighted by molar-refractivity contribution is 6.51. The third-order valence-corrected chi connectivity index (χ3v) is 3.88. The van der Waals surface area contributed by atoms with Gasteiger partial charge in [-0.1, -0.05) is 19.0 Å². The Kier molecular flexibility index (Phi) is 7.26. The van der Waals surface area contributed by atoms with Gasteiger partial charge >= 0.3 is 6.09 Å². The van der Waals surface area contributed by atoms with Crippen molar-refractivity contribution in [3.8, 4) is 0 Å². The monoisotopic (exact) mass is 415 g/mol. The molecule has 8 heteroatoms. The van der Waals surface area contributed by atoms with Crippen LogP contribution in [0.2, 0.25) is 0 Å². The number of carbonyl (C=O) groups excluding carboxylic acids is 2. The van der Waals surface area contributed by atoms with E-state index in [0.717, 1.165) is 12.1 Å². The molecule has 0 radical (unpaired) electrons. The highest BCUT2D eigenvalue weighted by atomic mass is 19.1. The fourth-order valence-corrected chi connectivity index (χ4v) is 2.63. The number of hydrogen-bond donors (Lipinski definition) is 1. The lowest BCUT2D eigenvalue weighted by atomic mass is 10.0. The predicted octanol–water partition coefficient (Wildman–Crippen LogP) is 4.68. The average Bonchev–Trinajstić information content (AvgIpc) is 2.66. The van der Waals surface area contributed by atoms with E-state index in [1.54, 1.807) is 20.8 Å². The summed E-state index contributed by atoms with van der Waals surface area (Å²) in [6, 6.07) is 7.86. The number of nitrogens with zero attached hydrogens (tertiary/aromatic N) is 3. The summed E-state index contributed by atoms with van der Waals surface area (Å²) in [4.78, 5) is 31.0. The molecule has 0 atom stereocenters. The molecule has 0 aliphatic carbocycles. The number of rotatable bonds is 6. The zero-order valence-corrected chi connectivity index (χ0v) is 17.7. The van der Waals surface area contributed by atoms with E-state index in [9.17, 15) is 19.2 Å². The largest absolute Gasteiger partial charge is 0.443 e. The molecule has 160 valence electrons. The summed E-state index contributed by atoms with van der Waals surface area (Å²) in [5.41, 5.74) is -0.526. The van der Waals surface area contributed by atoms with Crippen LogP contribution in [0.25, 0.3) is 0 Å². The molecule has 0 saturated carbocycles. The van der Waals surface area contributed by atoms with Crippen molar-refractivity contribution >= 4 is 23.4 Å². The molecule has 1 amide bonds. The highest BCUT2D eigenvalue weighted by Crippen LogP contribution is 2.20. The first-order chi connectivity index (χ1) is 14.0. The molecular weight excluding hydrogens is 389 g/mol. The molecule has 1 N–H and O–H groups in total. The van der Waals surface area contributed by atoms with Gasteiger partial charge in [0, 0.05) is 23.9 Å². The van der Waals surface area contributed by atoms with Crippen LogP contribution in [0.15, 0.2) is 47.8 Å². The Balaban J connectivity index is 2.40. The molecule has 0 saturated heterocycles. The summed E-state index contributed by atoms with van der Waals surface area (Å²) in [6.07, 6.45) is 0.832. The second kappa shape index (κ2) is 9.47. The van der Waals surface area contributed by atoms with Crippen LogP contribution >= 0.6 is 0 Å². The van der Waals surface area contributed by atoms with Crippen LogP contribution in [0.1, 0.15) is 50.5 Å². The Morgan fingerprint density at radius 3 is 2.33 bits per heavy atom. The Morgan fingerprint density at radius 1 is 1.17 bits per heavy atom. The number of amides is 1. The van der Waals surface area contributed by atoms with Crippen molar-refractivity contribution in [3.05, 3.63) is 59.5 Å². The molecule has 1 aromatic heterocycles. The molecule has 2 aromatic rings. The molecule has 7 nitrogen and oxygen atoms in total. The molecule has 30 heavy (non-hydrogen) atoms. The molecule has 1 heterocycles. The van der Waals surface area contributed by atoms with E-state index < -0.39 is 23.3 Å². The Labute approximate surface area is 175 Å². The summed E-state index contributed by atoms with van der Waals surface area (Å²) >= 11 is 0. The standard InChI is InChI=1S/C22H26FN3O4/c1-14(2)13-26(21(28)30-22(3,4)5)18-12-16(10-11-24-18)19(25-29)20(27)15-6-8-17(23)9-7-15/h6-12,14,29H,13H2,1-5H3. The Bertz CT molecular complexity index is 934. The number of benzene rings is 1. The summed E-state index contributed by atoms with van der Waals surface area (Å²) in [5.74, 6) is -0.706. The predicted molar refractivity (Wildman–Crippen MR) is 112 cm³/mol. The number of carbonyl (C=O) groups is 2. The molecule has 0 fully saturated rings. The second-order valence-electron chi connectivity index (χ2n) is 8.17. The second-order valence-corrected chi connectivity index (χ2v) is 8.17. The summed E-state index contributed by atoms with van der Waals surface area (Å²) in [6.45, 7) is 9.52. The smallest absolute Gasteiger partial charge is 0.416 e. The zero-order valence-electron chi connectivity index (χ0n) is 17.7. The number of Topliss-reactive ketones (excluding diaryl/α,β-unsaturated/α-hetero) is 1. The highest BCUT2D eigenvalue weighted by Gasteiger charge is 2.26. The van der Waals surface area contributed by atoms with Gasteiger partial charge in [-0.25, -0.2) is 14.2 Å². The first-order valence-corrected chi connectivity index (χ1v) is 9.51. The van der Waals surface area contributed by atoms with E-state index in [4.69, 9.17) is 4.74 Å². The lowest BCUT2D eigenvalue weighted by Crippen LogP contribution is -2.39. The fourth-order valence-electron chi connectivity index (χ4n) is 2.63. The third kappa shape index (κ3) is 6.10. The van der Waals surface area contributed by atoms with Gasteiger partial charge in [0.2, 0.25) is 5.78 Å². The lowest BCUT2D eigenvalue weighted by molar-refractivity contribution is 0.0575. The van der Waals surface area contributed by atoms with Crippen LogP contribution in [0.4, 0.5) is 15.0 Å². The van der Waals surface area contributed by atoms with E-state index in [1.807, 2.05) is 13.8 Å². The van der Waals surface area contributed by atoms with Gasteiger partial charge in [-0.3, -0.25) is 9.69 Å². The van der Waals surface area contributed by atoms with Crippen molar-refractivity contribution in [3.63, 3.8) is 0 Å². The van der Waals surface area contributed by atoms with Crippen LogP contribution in [-0.4, -0.2) is 39.9 Å². The molecule has 0 aliphatic heterocycles. The van der Waals surface area contributed by atoms with Crippen molar-refractivity contribution in [2.75, 3.05) is 11.4 Å². The molecular formula is C22H26FN3O4. The van der Waals surface area contributed by atoms with Gasteiger partial charge in [0.1, 0.15) is 17.2 Å². The Hall–Kier alpha value is -3.29. The lowest BCUT2D eigenvalue weighted by Gasteiger charge is -2.28. The SMILES string of the molecule is CC(C)CN(C(=O)OC(C)(C)C)c1cc(C(=NO)C(=O)c2ccc(F)cc2)ccn1. The third-order valence-electron chi connectivity index (χ3n) is 3.88. The van der Waals surface area contributed by atoms with E-state index in [2.05, 4.69) is 10.1 Å². The number of oxime groups is 1. The number of ketones is 1. The van der Waals surface area contributed by atoms with Crippen LogP contribution < -0.4 is 4.90 Å². The first kappa shape index (κ1) is 23.0. The maximum atomic E-state index is 13.1. The summed E-state index contributed by atoms with van der Waals surface area (Å²) in [7, 11) is 0. The first-order valence-electron chi connectivity index (χ1n) is 9.51. The average molecular weight is 415 g/mol. The quantitative estimate of drug-likeness (QED) is 0.320. The minimum Gasteiger partial charge on any atom is -0.443 e. The molecule has 2 rings (SSSR count). The number of hydrogen-bond acceptors (Lipinski definition) is 6. The molecule has 1 aromatic carbocycles. The van der Waals surface area contributed by atoms with Crippen LogP contribution in [0.3, 0.4) is 0 Å². The van der Waals surface area contributed by atoms with Crippen LogP contribution in [0.5, 0.6) is 0 Å². The number of pyridine rings is 1. The molecule has 0 aliphatic rings.